The molecular weight excluding hydrogens is 544 g/mol. The molecule has 4 rings (SSSR count). The first kappa shape index (κ1) is 30.2. The van der Waals surface area contributed by atoms with E-state index in [9.17, 15) is 29.4 Å². The average molecular weight is 575 g/mol. The Hall–Kier alpha value is -5.76. The van der Waals surface area contributed by atoms with Crippen LogP contribution in [0.4, 0.5) is 11.4 Å². The lowest BCUT2D eigenvalue weighted by molar-refractivity contribution is 0.0683. The number of carbonyl (C=O) groups excluding carboxylic acids is 2. The second kappa shape index (κ2) is 12.4. The molecule has 4 N–H and O–H groups in total. The number of rotatable bonds is 10. The van der Waals surface area contributed by atoms with Crippen molar-refractivity contribution in [2.75, 3.05) is 10.6 Å². The maximum atomic E-state index is 12.9. The molecule has 0 radical (unpaired) electrons. The summed E-state index contributed by atoms with van der Waals surface area (Å²) in [7, 11) is 0. The fourth-order valence-electron chi connectivity index (χ4n) is 4.63. The van der Waals surface area contributed by atoms with Crippen molar-refractivity contribution in [3.8, 4) is 0 Å². The number of hydrogen-bond donors (Lipinski definition) is 4. The summed E-state index contributed by atoms with van der Waals surface area (Å²) in [5, 5.41) is 24.5. The highest BCUT2D eigenvalue weighted by atomic mass is 16.4. The zero-order valence-corrected chi connectivity index (χ0v) is 23.7. The molecule has 0 aromatic heterocycles. The van der Waals surface area contributed by atoms with Crippen LogP contribution in [0.2, 0.25) is 0 Å². The molecule has 4 aromatic carbocycles. The van der Waals surface area contributed by atoms with Crippen molar-refractivity contribution in [3.05, 3.63) is 143 Å². The van der Waals surface area contributed by atoms with Crippen LogP contribution in [0.5, 0.6) is 0 Å². The molecule has 4 aromatic rings. The van der Waals surface area contributed by atoms with Crippen molar-refractivity contribution < 1.29 is 29.4 Å². The molecule has 0 aliphatic carbocycles. The standard InChI is InChI=1S/C35H30N2O6/c1-5-21-8-18-28(33(40)41)29(19-21)32(39)37-26-15-11-24(12-16-26)35(3,4)23-9-13-25(14-10-23)36-31(38)27-17-7-22(6-2)20-30(27)34(42)43/h5-20H,1-2H2,3-4H3,(H,36,38)(H,37,39)(H,40,41)(H,42,43). The minimum atomic E-state index is -1.21. The van der Waals surface area contributed by atoms with Gasteiger partial charge in [-0.25, -0.2) is 9.59 Å². The minimum absolute atomic E-state index is 0.0365. The Bertz CT molecular complexity index is 1750. The van der Waals surface area contributed by atoms with Crippen molar-refractivity contribution in [3.63, 3.8) is 0 Å². The van der Waals surface area contributed by atoms with Crippen molar-refractivity contribution in [1.29, 1.82) is 0 Å². The summed E-state index contributed by atoms with van der Waals surface area (Å²) in [6.45, 7) is 11.4. The molecule has 0 fully saturated rings. The summed E-state index contributed by atoms with van der Waals surface area (Å²) >= 11 is 0. The lowest BCUT2D eigenvalue weighted by Crippen LogP contribution is -2.20. The van der Waals surface area contributed by atoms with Gasteiger partial charge in [0.1, 0.15) is 0 Å². The van der Waals surface area contributed by atoms with Gasteiger partial charge in [0, 0.05) is 16.8 Å². The predicted molar refractivity (Wildman–Crippen MR) is 168 cm³/mol. The highest BCUT2D eigenvalue weighted by Crippen LogP contribution is 2.33. The van der Waals surface area contributed by atoms with E-state index in [-0.39, 0.29) is 22.3 Å². The molecule has 0 aliphatic rings. The molecule has 0 bridgehead atoms. The fraction of sp³-hybridized carbons (Fsp3) is 0.0857. The first-order valence-electron chi connectivity index (χ1n) is 13.3. The van der Waals surface area contributed by atoms with Crippen LogP contribution in [0.3, 0.4) is 0 Å². The van der Waals surface area contributed by atoms with E-state index < -0.39 is 29.2 Å². The third kappa shape index (κ3) is 6.60. The van der Waals surface area contributed by atoms with Crippen LogP contribution >= 0.6 is 0 Å². The van der Waals surface area contributed by atoms with E-state index in [2.05, 4.69) is 23.8 Å². The molecule has 43 heavy (non-hydrogen) atoms. The van der Waals surface area contributed by atoms with Crippen LogP contribution in [-0.2, 0) is 5.41 Å². The number of nitrogens with one attached hydrogen (secondary N) is 2. The highest BCUT2D eigenvalue weighted by molar-refractivity contribution is 6.12. The highest BCUT2D eigenvalue weighted by Gasteiger charge is 2.24. The van der Waals surface area contributed by atoms with Crippen molar-refractivity contribution >= 4 is 47.3 Å². The number of carboxylic acids is 2. The molecule has 0 aliphatic heterocycles. The summed E-state index contributed by atoms with van der Waals surface area (Å²) in [6.07, 6.45) is 3.05. The van der Waals surface area contributed by atoms with Crippen LogP contribution in [-0.4, -0.2) is 34.0 Å². The number of carbonyl (C=O) groups is 4. The Morgan fingerprint density at radius 1 is 0.581 bits per heavy atom. The SMILES string of the molecule is C=Cc1ccc(C(=O)Nc2ccc(C(C)(C)c3ccc(NC(=O)c4cc(C=C)ccc4C(=O)O)cc3)cc2)c(C(=O)O)c1. The third-order valence-corrected chi connectivity index (χ3v) is 7.24. The second-order valence-corrected chi connectivity index (χ2v) is 10.3. The number of hydrogen-bond acceptors (Lipinski definition) is 4. The summed E-state index contributed by atoms with van der Waals surface area (Å²) in [4.78, 5) is 49.1. The Balaban J connectivity index is 1.48. The van der Waals surface area contributed by atoms with Crippen LogP contribution in [0, 0.1) is 0 Å². The van der Waals surface area contributed by atoms with Gasteiger partial charge in [-0.05, 0) is 70.8 Å². The van der Waals surface area contributed by atoms with Gasteiger partial charge in [0.2, 0.25) is 0 Å². The summed E-state index contributed by atoms with van der Waals surface area (Å²) in [6, 6.07) is 23.5. The number of amides is 2. The largest absolute Gasteiger partial charge is 0.478 e. The van der Waals surface area contributed by atoms with E-state index in [0.29, 0.717) is 22.5 Å². The number of anilines is 2. The quantitative estimate of drug-likeness (QED) is 0.158. The third-order valence-electron chi connectivity index (χ3n) is 7.24. The van der Waals surface area contributed by atoms with Gasteiger partial charge < -0.3 is 20.8 Å². The Kier molecular flexibility index (Phi) is 8.71. The lowest BCUT2D eigenvalue weighted by Gasteiger charge is -2.26. The Morgan fingerprint density at radius 2 is 0.977 bits per heavy atom. The van der Waals surface area contributed by atoms with E-state index in [1.54, 1.807) is 36.4 Å². The maximum Gasteiger partial charge on any atom is 0.336 e. The van der Waals surface area contributed by atoms with Crippen LogP contribution in [0.1, 0.15) is 77.5 Å². The molecule has 0 heterocycles. The first-order chi connectivity index (χ1) is 20.4. The summed E-state index contributed by atoms with van der Waals surface area (Å²) in [5.74, 6) is -3.48. The van der Waals surface area contributed by atoms with Crippen molar-refractivity contribution in [2.24, 2.45) is 0 Å². The van der Waals surface area contributed by atoms with E-state index in [4.69, 9.17) is 0 Å². The normalized spacial score (nSPS) is 10.8. The van der Waals surface area contributed by atoms with Gasteiger partial charge in [-0.15, -0.1) is 0 Å². The molecule has 216 valence electrons. The van der Waals surface area contributed by atoms with E-state index in [1.165, 1.54) is 36.4 Å². The number of aromatic carboxylic acids is 2. The zero-order chi connectivity index (χ0) is 31.3. The van der Waals surface area contributed by atoms with Crippen LogP contribution in [0.15, 0.2) is 98.1 Å². The Labute approximate surface area is 249 Å². The summed E-state index contributed by atoms with van der Waals surface area (Å²) in [5.41, 5.74) is 3.57. The van der Waals surface area contributed by atoms with Crippen molar-refractivity contribution in [2.45, 2.75) is 19.3 Å². The lowest BCUT2D eigenvalue weighted by atomic mass is 9.78. The Morgan fingerprint density at radius 3 is 1.40 bits per heavy atom. The van der Waals surface area contributed by atoms with Gasteiger partial charge in [-0.2, -0.15) is 0 Å². The van der Waals surface area contributed by atoms with Crippen molar-refractivity contribution in [1.82, 2.24) is 0 Å². The fourth-order valence-corrected chi connectivity index (χ4v) is 4.63. The predicted octanol–water partition coefficient (Wildman–Crippen LogP) is 7.20. The van der Waals surface area contributed by atoms with Gasteiger partial charge in [-0.1, -0.05) is 75.6 Å². The van der Waals surface area contributed by atoms with Gasteiger partial charge in [-0.3, -0.25) is 9.59 Å². The zero-order valence-electron chi connectivity index (χ0n) is 23.7. The summed E-state index contributed by atoms with van der Waals surface area (Å²) < 4.78 is 0. The molecule has 0 unspecified atom stereocenters. The molecule has 0 saturated heterocycles. The smallest absolute Gasteiger partial charge is 0.336 e. The maximum absolute atomic E-state index is 12.9. The van der Waals surface area contributed by atoms with Gasteiger partial charge in [0.15, 0.2) is 0 Å². The molecule has 0 saturated carbocycles. The minimum Gasteiger partial charge on any atom is -0.478 e. The van der Waals surface area contributed by atoms with E-state index in [1.807, 2.05) is 38.1 Å². The first-order valence-corrected chi connectivity index (χ1v) is 13.3. The number of carboxylic acid groups (broad SMARTS) is 2. The number of benzene rings is 4. The van der Waals surface area contributed by atoms with E-state index in [0.717, 1.165) is 11.1 Å². The monoisotopic (exact) mass is 574 g/mol. The second-order valence-electron chi connectivity index (χ2n) is 10.3. The van der Waals surface area contributed by atoms with Gasteiger partial charge in [0.25, 0.3) is 11.8 Å². The van der Waals surface area contributed by atoms with Gasteiger partial charge >= 0.3 is 11.9 Å². The van der Waals surface area contributed by atoms with Crippen LogP contribution < -0.4 is 10.6 Å². The molecule has 0 spiro atoms. The van der Waals surface area contributed by atoms with E-state index >= 15 is 0 Å². The topological polar surface area (TPSA) is 133 Å². The van der Waals surface area contributed by atoms with Crippen LogP contribution in [0.25, 0.3) is 12.2 Å². The average Bonchev–Trinajstić information content (AvgIpc) is 3.00. The molecular formula is C35H30N2O6. The molecule has 0 atom stereocenters. The molecule has 8 heteroatoms. The van der Waals surface area contributed by atoms with Gasteiger partial charge in [0.05, 0.1) is 22.3 Å². The molecule has 8 nitrogen and oxygen atoms in total. The molecule has 2 amide bonds.